The first-order valence-corrected chi connectivity index (χ1v) is 6.99. The molecule has 1 heterocycles. The van der Waals surface area contributed by atoms with Gasteiger partial charge in [0.1, 0.15) is 0 Å². The number of likely N-dealkylation sites (N-methyl/N-ethyl adjacent to an activating group) is 1. The normalized spacial score (nSPS) is 20.3. The fraction of sp³-hybridized carbons (Fsp3) is 1.00. The number of nitrogens with one attached hydrogen (secondary N) is 1. The molecule has 1 unspecified atom stereocenters. The molecule has 0 bridgehead atoms. The standard InChI is InChI=1S/C13H28N2O2/c1-3-15(9-11-16-4-2)8-7-14-12-13-6-5-10-17-13/h13-14H,3-12H2,1-2H3. The highest BCUT2D eigenvalue weighted by Crippen LogP contribution is 2.10. The third kappa shape index (κ3) is 6.99. The molecule has 1 aliphatic rings. The van der Waals surface area contributed by atoms with Crippen LogP contribution in [0.25, 0.3) is 0 Å². The molecule has 1 saturated heterocycles. The van der Waals surface area contributed by atoms with Gasteiger partial charge in [0, 0.05) is 39.4 Å². The zero-order valence-corrected chi connectivity index (χ0v) is 11.4. The van der Waals surface area contributed by atoms with Gasteiger partial charge in [0.25, 0.3) is 0 Å². The lowest BCUT2D eigenvalue weighted by Gasteiger charge is -2.20. The van der Waals surface area contributed by atoms with E-state index in [9.17, 15) is 0 Å². The van der Waals surface area contributed by atoms with E-state index in [1.54, 1.807) is 0 Å². The monoisotopic (exact) mass is 244 g/mol. The van der Waals surface area contributed by atoms with Gasteiger partial charge in [0.2, 0.25) is 0 Å². The van der Waals surface area contributed by atoms with E-state index >= 15 is 0 Å². The smallest absolute Gasteiger partial charge is 0.0700 e. The summed E-state index contributed by atoms with van der Waals surface area (Å²) >= 11 is 0. The number of hydrogen-bond acceptors (Lipinski definition) is 4. The molecule has 0 aromatic carbocycles. The van der Waals surface area contributed by atoms with Gasteiger partial charge in [0.15, 0.2) is 0 Å². The maximum absolute atomic E-state index is 5.57. The Morgan fingerprint density at radius 1 is 1.35 bits per heavy atom. The molecule has 0 radical (unpaired) electrons. The minimum atomic E-state index is 0.452. The SMILES string of the molecule is CCOCCN(CC)CCNCC1CCCO1. The maximum Gasteiger partial charge on any atom is 0.0700 e. The summed E-state index contributed by atoms with van der Waals surface area (Å²) in [4.78, 5) is 2.41. The van der Waals surface area contributed by atoms with E-state index in [0.717, 1.165) is 52.5 Å². The Balaban J connectivity index is 1.94. The van der Waals surface area contributed by atoms with E-state index in [-0.39, 0.29) is 0 Å². The topological polar surface area (TPSA) is 33.7 Å². The van der Waals surface area contributed by atoms with E-state index in [1.165, 1.54) is 12.8 Å². The van der Waals surface area contributed by atoms with Crippen LogP contribution in [0, 0.1) is 0 Å². The number of ether oxygens (including phenoxy) is 2. The molecular formula is C13H28N2O2. The van der Waals surface area contributed by atoms with Crippen LogP contribution in [-0.4, -0.2) is 63.5 Å². The van der Waals surface area contributed by atoms with Gasteiger partial charge < -0.3 is 19.7 Å². The van der Waals surface area contributed by atoms with Crippen molar-refractivity contribution < 1.29 is 9.47 Å². The van der Waals surface area contributed by atoms with Crippen LogP contribution < -0.4 is 5.32 Å². The highest BCUT2D eigenvalue weighted by atomic mass is 16.5. The average Bonchev–Trinajstić information content (AvgIpc) is 2.85. The molecule has 0 aliphatic carbocycles. The predicted octanol–water partition coefficient (Wildman–Crippen LogP) is 1.11. The van der Waals surface area contributed by atoms with Crippen molar-refractivity contribution in [1.29, 1.82) is 0 Å². The van der Waals surface area contributed by atoms with Crippen LogP contribution in [0.5, 0.6) is 0 Å². The molecule has 1 rings (SSSR count). The Hall–Kier alpha value is -0.160. The fourth-order valence-corrected chi connectivity index (χ4v) is 2.07. The summed E-state index contributed by atoms with van der Waals surface area (Å²) in [6.45, 7) is 12.1. The van der Waals surface area contributed by atoms with E-state index < -0.39 is 0 Å². The molecule has 1 atom stereocenters. The summed E-state index contributed by atoms with van der Waals surface area (Å²) in [6, 6.07) is 0. The minimum Gasteiger partial charge on any atom is -0.380 e. The molecule has 1 fully saturated rings. The second kappa shape index (κ2) is 9.83. The van der Waals surface area contributed by atoms with E-state index in [4.69, 9.17) is 9.47 Å². The third-order valence-electron chi connectivity index (χ3n) is 3.20. The van der Waals surface area contributed by atoms with Gasteiger partial charge in [-0.25, -0.2) is 0 Å². The second-order valence-corrected chi connectivity index (χ2v) is 4.47. The first-order chi connectivity index (χ1) is 8.36. The van der Waals surface area contributed by atoms with Gasteiger partial charge in [-0.05, 0) is 26.3 Å². The molecule has 4 nitrogen and oxygen atoms in total. The van der Waals surface area contributed by atoms with Crippen LogP contribution >= 0.6 is 0 Å². The van der Waals surface area contributed by atoms with Crippen LogP contribution in [0.15, 0.2) is 0 Å². The average molecular weight is 244 g/mol. The Bertz CT molecular complexity index is 173. The summed E-state index contributed by atoms with van der Waals surface area (Å²) in [5.41, 5.74) is 0. The molecule has 0 aromatic rings. The highest BCUT2D eigenvalue weighted by Gasteiger charge is 2.14. The molecule has 17 heavy (non-hydrogen) atoms. The van der Waals surface area contributed by atoms with Crippen LogP contribution in [-0.2, 0) is 9.47 Å². The molecule has 1 aliphatic heterocycles. The van der Waals surface area contributed by atoms with Crippen molar-refractivity contribution in [2.45, 2.75) is 32.8 Å². The molecule has 0 spiro atoms. The van der Waals surface area contributed by atoms with Gasteiger partial charge in [0.05, 0.1) is 12.7 Å². The quantitative estimate of drug-likeness (QED) is 0.584. The van der Waals surface area contributed by atoms with Crippen LogP contribution in [0.3, 0.4) is 0 Å². The summed E-state index contributed by atoms with van der Waals surface area (Å²) in [6.07, 6.45) is 2.89. The number of rotatable bonds is 10. The second-order valence-electron chi connectivity index (χ2n) is 4.47. The van der Waals surface area contributed by atoms with Crippen LogP contribution in [0.4, 0.5) is 0 Å². The summed E-state index contributed by atoms with van der Waals surface area (Å²) < 4.78 is 10.9. The van der Waals surface area contributed by atoms with Gasteiger partial charge in [-0.15, -0.1) is 0 Å². The molecule has 4 heteroatoms. The van der Waals surface area contributed by atoms with Crippen molar-refractivity contribution in [3.63, 3.8) is 0 Å². The van der Waals surface area contributed by atoms with Crippen molar-refractivity contribution in [2.24, 2.45) is 0 Å². The summed E-state index contributed by atoms with van der Waals surface area (Å²) in [5, 5.41) is 3.48. The van der Waals surface area contributed by atoms with Gasteiger partial charge in [-0.1, -0.05) is 6.92 Å². The van der Waals surface area contributed by atoms with Gasteiger partial charge in [-0.3, -0.25) is 0 Å². The van der Waals surface area contributed by atoms with E-state index in [1.807, 2.05) is 6.92 Å². The van der Waals surface area contributed by atoms with Crippen molar-refractivity contribution >= 4 is 0 Å². The highest BCUT2D eigenvalue weighted by molar-refractivity contribution is 4.68. The van der Waals surface area contributed by atoms with Crippen molar-refractivity contribution in [2.75, 3.05) is 52.5 Å². The van der Waals surface area contributed by atoms with Crippen molar-refractivity contribution in [3.8, 4) is 0 Å². The van der Waals surface area contributed by atoms with E-state index in [0.29, 0.717) is 6.10 Å². The summed E-state index contributed by atoms with van der Waals surface area (Å²) in [7, 11) is 0. The first kappa shape index (κ1) is 14.9. The maximum atomic E-state index is 5.57. The molecule has 1 N–H and O–H groups in total. The number of hydrogen-bond donors (Lipinski definition) is 1. The van der Waals surface area contributed by atoms with Gasteiger partial charge in [-0.2, -0.15) is 0 Å². The lowest BCUT2D eigenvalue weighted by atomic mass is 10.2. The largest absolute Gasteiger partial charge is 0.380 e. The van der Waals surface area contributed by atoms with Crippen LogP contribution in [0.2, 0.25) is 0 Å². The zero-order chi connectivity index (χ0) is 12.3. The third-order valence-corrected chi connectivity index (χ3v) is 3.20. The van der Waals surface area contributed by atoms with E-state index in [2.05, 4.69) is 17.1 Å². The predicted molar refractivity (Wildman–Crippen MR) is 70.5 cm³/mol. The Labute approximate surface area is 106 Å². The molecule has 0 saturated carbocycles. The Morgan fingerprint density at radius 2 is 2.24 bits per heavy atom. The Morgan fingerprint density at radius 3 is 2.88 bits per heavy atom. The fourth-order valence-electron chi connectivity index (χ4n) is 2.07. The molecule has 0 amide bonds. The van der Waals surface area contributed by atoms with Crippen molar-refractivity contribution in [3.05, 3.63) is 0 Å². The van der Waals surface area contributed by atoms with Crippen LogP contribution in [0.1, 0.15) is 26.7 Å². The first-order valence-electron chi connectivity index (χ1n) is 6.99. The zero-order valence-electron chi connectivity index (χ0n) is 11.4. The van der Waals surface area contributed by atoms with Gasteiger partial charge >= 0.3 is 0 Å². The lowest BCUT2D eigenvalue weighted by molar-refractivity contribution is 0.105. The lowest BCUT2D eigenvalue weighted by Crippen LogP contribution is -2.36. The molecular weight excluding hydrogens is 216 g/mol. The minimum absolute atomic E-state index is 0.452. The molecule has 0 aromatic heterocycles. The van der Waals surface area contributed by atoms with Crippen molar-refractivity contribution in [1.82, 2.24) is 10.2 Å². The molecule has 102 valence electrons. The number of nitrogens with zero attached hydrogens (tertiary/aromatic N) is 1. The summed E-state index contributed by atoms with van der Waals surface area (Å²) in [5.74, 6) is 0. The Kier molecular flexibility index (Phi) is 8.61.